The highest BCUT2D eigenvalue weighted by molar-refractivity contribution is 9.10. The van der Waals surface area contributed by atoms with Crippen LogP contribution in [0.5, 0.6) is 5.75 Å². The molecule has 0 heterocycles. The number of carbonyl (C=O) groups excluding carboxylic acids is 1. The van der Waals surface area contributed by atoms with Gasteiger partial charge in [-0.1, -0.05) is 41.9 Å². The van der Waals surface area contributed by atoms with Crippen molar-refractivity contribution in [2.45, 2.75) is 45.4 Å². The van der Waals surface area contributed by atoms with E-state index in [1.165, 1.54) is 12.1 Å². The molecule has 0 saturated heterocycles. The summed E-state index contributed by atoms with van der Waals surface area (Å²) in [5.74, 6) is 0.128. The molecule has 3 aromatic carbocycles. The quantitative estimate of drug-likeness (QED) is 0.345. The monoisotopic (exact) mass is 544 g/mol. The highest BCUT2D eigenvalue weighted by atomic mass is 79.9. The van der Waals surface area contributed by atoms with E-state index in [2.05, 4.69) is 26.0 Å². The molecule has 3 aromatic rings. The molecular formula is C26H29BrN2O4S. The third kappa shape index (κ3) is 6.39. The van der Waals surface area contributed by atoms with Gasteiger partial charge in [-0.15, -0.1) is 0 Å². The van der Waals surface area contributed by atoms with Gasteiger partial charge in [-0.25, -0.2) is 8.42 Å². The molecule has 0 aliphatic rings. The zero-order valence-electron chi connectivity index (χ0n) is 19.7. The first-order valence-corrected chi connectivity index (χ1v) is 13.3. The SMILES string of the molecule is CCc1cc(Br)cc(CC)c1NC(=O)COc1ccc(S(=O)(=O)Nc2cc(C)ccc2C)cc1. The lowest BCUT2D eigenvalue weighted by Gasteiger charge is -2.16. The smallest absolute Gasteiger partial charge is 0.262 e. The summed E-state index contributed by atoms with van der Waals surface area (Å²) >= 11 is 3.52. The molecule has 2 N–H and O–H groups in total. The summed E-state index contributed by atoms with van der Waals surface area (Å²) in [6.45, 7) is 7.65. The number of amides is 1. The molecule has 0 saturated carbocycles. The summed E-state index contributed by atoms with van der Waals surface area (Å²) in [6, 6.07) is 15.6. The van der Waals surface area contributed by atoms with Crippen molar-refractivity contribution in [1.29, 1.82) is 0 Å². The van der Waals surface area contributed by atoms with Crippen molar-refractivity contribution < 1.29 is 17.9 Å². The summed E-state index contributed by atoms with van der Waals surface area (Å²) in [4.78, 5) is 12.7. The molecule has 0 bridgehead atoms. The van der Waals surface area contributed by atoms with Gasteiger partial charge in [-0.2, -0.15) is 0 Å². The van der Waals surface area contributed by atoms with Crippen molar-refractivity contribution in [3.63, 3.8) is 0 Å². The standard InChI is InChI=1S/C26H29BrN2O4S/c1-5-19-14-21(27)15-20(6-2)26(19)28-25(30)16-33-22-9-11-23(12-10-22)34(31,32)29-24-13-17(3)7-8-18(24)4/h7-15,29H,5-6,16H2,1-4H3,(H,28,30). The number of rotatable bonds is 9. The zero-order valence-corrected chi connectivity index (χ0v) is 22.1. The minimum atomic E-state index is -3.75. The largest absolute Gasteiger partial charge is 0.484 e. The van der Waals surface area contributed by atoms with Crippen molar-refractivity contribution >= 4 is 43.2 Å². The molecule has 8 heteroatoms. The van der Waals surface area contributed by atoms with Crippen LogP contribution >= 0.6 is 15.9 Å². The zero-order chi connectivity index (χ0) is 24.9. The van der Waals surface area contributed by atoms with Gasteiger partial charge in [0.05, 0.1) is 10.6 Å². The van der Waals surface area contributed by atoms with E-state index >= 15 is 0 Å². The number of halogens is 1. The fraction of sp³-hybridized carbons (Fsp3) is 0.269. The Morgan fingerprint density at radius 3 is 2.15 bits per heavy atom. The van der Waals surface area contributed by atoms with Gasteiger partial charge in [0.1, 0.15) is 5.75 Å². The van der Waals surface area contributed by atoms with Crippen LogP contribution in [0.15, 0.2) is 64.0 Å². The average molecular weight is 545 g/mol. The number of ether oxygens (including phenoxy) is 1. The Morgan fingerprint density at radius 2 is 1.56 bits per heavy atom. The molecule has 0 atom stereocenters. The fourth-order valence-electron chi connectivity index (χ4n) is 3.53. The Kier molecular flexibility index (Phi) is 8.38. The summed E-state index contributed by atoms with van der Waals surface area (Å²) in [5.41, 5.74) is 5.26. The molecular weight excluding hydrogens is 516 g/mol. The van der Waals surface area contributed by atoms with Crippen LogP contribution in [0, 0.1) is 13.8 Å². The predicted octanol–water partition coefficient (Wildman–Crippen LogP) is 6.01. The molecule has 180 valence electrons. The lowest BCUT2D eigenvalue weighted by atomic mass is 10.0. The Balaban J connectivity index is 1.65. The third-order valence-electron chi connectivity index (χ3n) is 5.43. The van der Waals surface area contributed by atoms with Crippen molar-refractivity contribution in [3.8, 4) is 5.75 Å². The normalized spacial score (nSPS) is 11.2. The molecule has 0 spiro atoms. The summed E-state index contributed by atoms with van der Waals surface area (Å²) < 4.78 is 34.8. The van der Waals surface area contributed by atoms with Gasteiger partial charge < -0.3 is 10.1 Å². The number of benzene rings is 3. The van der Waals surface area contributed by atoms with Crippen LogP contribution in [0.25, 0.3) is 0 Å². The van der Waals surface area contributed by atoms with Crippen LogP contribution in [0.3, 0.4) is 0 Å². The Bertz CT molecular complexity index is 1260. The number of anilines is 2. The van der Waals surface area contributed by atoms with Crippen LogP contribution < -0.4 is 14.8 Å². The molecule has 0 unspecified atom stereocenters. The fourth-order valence-corrected chi connectivity index (χ4v) is 5.21. The molecule has 0 aliphatic carbocycles. The first-order valence-electron chi connectivity index (χ1n) is 11.1. The van der Waals surface area contributed by atoms with Crippen LogP contribution in [-0.4, -0.2) is 20.9 Å². The second kappa shape index (κ2) is 11.1. The summed E-state index contributed by atoms with van der Waals surface area (Å²) in [7, 11) is -3.75. The molecule has 0 fully saturated rings. The lowest BCUT2D eigenvalue weighted by Crippen LogP contribution is -2.22. The second-order valence-electron chi connectivity index (χ2n) is 8.04. The highest BCUT2D eigenvalue weighted by Gasteiger charge is 2.16. The number of sulfonamides is 1. The topological polar surface area (TPSA) is 84.5 Å². The van der Waals surface area contributed by atoms with Gasteiger partial charge in [0, 0.05) is 10.2 Å². The molecule has 3 rings (SSSR count). The third-order valence-corrected chi connectivity index (χ3v) is 7.27. The first-order chi connectivity index (χ1) is 16.1. The average Bonchev–Trinajstić information content (AvgIpc) is 2.81. The Hall–Kier alpha value is -2.84. The van der Waals surface area contributed by atoms with Crippen LogP contribution in [0.4, 0.5) is 11.4 Å². The van der Waals surface area contributed by atoms with Gasteiger partial charge >= 0.3 is 0 Å². The maximum atomic E-state index is 12.8. The summed E-state index contributed by atoms with van der Waals surface area (Å²) in [5, 5.41) is 2.96. The number of nitrogens with one attached hydrogen (secondary N) is 2. The number of hydrogen-bond donors (Lipinski definition) is 2. The minimum Gasteiger partial charge on any atom is -0.484 e. The van der Waals surface area contributed by atoms with E-state index in [4.69, 9.17) is 4.74 Å². The van der Waals surface area contributed by atoms with Gasteiger partial charge in [-0.05, 0) is 91.4 Å². The molecule has 6 nitrogen and oxygen atoms in total. The minimum absolute atomic E-state index is 0.111. The van der Waals surface area contributed by atoms with E-state index < -0.39 is 10.0 Å². The molecule has 0 radical (unpaired) electrons. The Morgan fingerprint density at radius 1 is 0.941 bits per heavy atom. The molecule has 34 heavy (non-hydrogen) atoms. The Labute approximate surface area is 209 Å². The van der Waals surface area contributed by atoms with Crippen LogP contribution in [-0.2, 0) is 27.7 Å². The maximum absolute atomic E-state index is 12.8. The van der Waals surface area contributed by atoms with E-state index in [1.807, 2.05) is 52.0 Å². The maximum Gasteiger partial charge on any atom is 0.262 e. The van der Waals surface area contributed by atoms with E-state index in [0.29, 0.717) is 11.4 Å². The van der Waals surface area contributed by atoms with Crippen LogP contribution in [0.1, 0.15) is 36.1 Å². The first kappa shape index (κ1) is 25.8. The van der Waals surface area contributed by atoms with Crippen molar-refractivity contribution in [1.82, 2.24) is 0 Å². The van der Waals surface area contributed by atoms with E-state index in [1.54, 1.807) is 18.2 Å². The van der Waals surface area contributed by atoms with E-state index in [-0.39, 0.29) is 17.4 Å². The molecule has 0 aromatic heterocycles. The van der Waals surface area contributed by atoms with Gasteiger partial charge in [0.2, 0.25) is 0 Å². The van der Waals surface area contributed by atoms with Crippen molar-refractivity contribution in [2.24, 2.45) is 0 Å². The highest BCUT2D eigenvalue weighted by Crippen LogP contribution is 2.28. The van der Waals surface area contributed by atoms with Gasteiger partial charge in [-0.3, -0.25) is 9.52 Å². The van der Waals surface area contributed by atoms with E-state index in [9.17, 15) is 13.2 Å². The van der Waals surface area contributed by atoms with Crippen LogP contribution in [0.2, 0.25) is 0 Å². The predicted molar refractivity (Wildman–Crippen MR) is 140 cm³/mol. The molecule has 1 amide bonds. The number of carbonyl (C=O) groups is 1. The van der Waals surface area contributed by atoms with Crippen molar-refractivity contribution in [2.75, 3.05) is 16.6 Å². The number of hydrogen-bond acceptors (Lipinski definition) is 4. The van der Waals surface area contributed by atoms with Gasteiger partial charge in [0.15, 0.2) is 6.61 Å². The van der Waals surface area contributed by atoms with Gasteiger partial charge in [0.25, 0.3) is 15.9 Å². The number of aryl methyl sites for hydroxylation is 4. The van der Waals surface area contributed by atoms with Crippen molar-refractivity contribution in [3.05, 3.63) is 81.3 Å². The summed E-state index contributed by atoms with van der Waals surface area (Å²) in [6.07, 6.45) is 1.57. The van der Waals surface area contributed by atoms with E-state index in [0.717, 1.165) is 45.3 Å². The lowest BCUT2D eigenvalue weighted by molar-refractivity contribution is -0.118. The molecule has 0 aliphatic heterocycles. The second-order valence-corrected chi connectivity index (χ2v) is 10.6.